The van der Waals surface area contributed by atoms with E-state index in [1.54, 1.807) is 19.1 Å². The smallest absolute Gasteiger partial charge is 0.326 e. The molecule has 0 radical (unpaired) electrons. The number of nitrogens with zero attached hydrogens (tertiary/aromatic N) is 1. The van der Waals surface area contributed by atoms with Gasteiger partial charge in [-0.3, -0.25) is 14.4 Å². The normalized spacial score (nSPS) is 19.1. The number of carbonyl (C=O) groups excluding carboxylic acids is 3. The van der Waals surface area contributed by atoms with Crippen molar-refractivity contribution in [3.8, 4) is 5.75 Å². The SMILES string of the molecule is CCC(C)C(NC(=O)C(Cc1ccc(O)cc1)NC(=O)C(N)CS)C(=O)N1CCCC1C(=O)O. The van der Waals surface area contributed by atoms with Crippen LogP contribution in [0, 0.1) is 5.92 Å². The number of phenols is 1. The number of thiol groups is 1. The molecule has 10 nitrogen and oxygen atoms in total. The van der Waals surface area contributed by atoms with Crippen molar-refractivity contribution in [1.82, 2.24) is 15.5 Å². The summed E-state index contributed by atoms with van der Waals surface area (Å²) in [7, 11) is 0. The van der Waals surface area contributed by atoms with Gasteiger partial charge in [-0.1, -0.05) is 32.4 Å². The number of rotatable bonds is 11. The van der Waals surface area contributed by atoms with E-state index in [4.69, 9.17) is 5.73 Å². The van der Waals surface area contributed by atoms with E-state index in [2.05, 4.69) is 23.3 Å². The van der Waals surface area contributed by atoms with Gasteiger partial charge in [0.15, 0.2) is 0 Å². The van der Waals surface area contributed by atoms with E-state index in [-0.39, 0.29) is 23.8 Å². The summed E-state index contributed by atoms with van der Waals surface area (Å²) in [5.74, 6) is -2.79. The summed E-state index contributed by atoms with van der Waals surface area (Å²) < 4.78 is 0. The van der Waals surface area contributed by atoms with Crippen molar-refractivity contribution in [3.05, 3.63) is 29.8 Å². The molecule has 34 heavy (non-hydrogen) atoms. The predicted octanol–water partition coefficient (Wildman–Crippen LogP) is 0.283. The zero-order chi connectivity index (χ0) is 25.4. The van der Waals surface area contributed by atoms with Crippen LogP contribution in [-0.4, -0.2) is 75.3 Å². The number of amides is 3. The van der Waals surface area contributed by atoms with Crippen LogP contribution in [-0.2, 0) is 25.6 Å². The molecule has 1 aliphatic heterocycles. The molecule has 0 aromatic heterocycles. The second-order valence-electron chi connectivity index (χ2n) is 8.62. The lowest BCUT2D eigenvalue weighted by Crippen LogP contribution is -2.59. The molecule has 1 aliphatic rings. The number of carbonyl (C=O) groups is 4. The summed E-state index contributed by atoms with van der Waals surface area (Å²) >= 11 is 4.02. The van der Waals surface area contributed by atoms with Crippen molar-refractivity contribution < 1.29 is 29.4 Å². The van der Waals surface area contributed by atoms with Crippen LogP contribution in [0.15, 0.2) is 24.3 Å². The van der Waals surface area contributed by atoms with E-state index in [1.165, 1.54) is 17.0 Å². The molecule has 1 aromatic rings. The molecule has 1 aromatic carbocycles. The van der Waals surface area contributed by atoms with Gasteiger partial charge in [-0.25, -0.2) is 4.79 Å². The molecule has 3 amide bonds. The number of aliphatic carboxylic acids is 1. The highest BCUT2D eigenvalue weighted by Crippen LogP contribution is 2.21. The van der Waals surface area contributed by atoms with Gasteiger partial charge in [0.05, 0.1) is 6.04 Å². The highest BCUT2D eigenvalue weighted by molar-refractivity contribution is 7.80. The van der Waals surface area contributed by atoms with Crippen molar-refractivity contribution in [2.75, 3.05) is 12.3 Å². The summed E-state index contributed by atoms with van der Waals surface area (Å²) in [5, 5.41) is 24.4. The molecule has 5 atom stereocenters. The number of nitrogens with one attached hydrogen (secondary N) is 2. The van der Waals surface area contributed by atoms with E-state index < -0.39 is 47.9 Å². The quantitative estimate of drug-likeness (QED) is 0.241. The van der Waals surface area contributed by atoms with Crippen LogP contribution in [0.25, 0.3) is 0 Å². The second kappa shape index (κ2) is 12.6. The summed E-state index contributed by atoms with van der Waals surface area (Å²) in [6, 6.07) is 2.35. The number of phenolic OH excluding ortho intramolecular Hbond substituents is 1. The lowest BCUT2D eigenvalue weighted by atomic mass is 9.96. The van der Waals surface area contributed by atoms with Gasteiger partial charge < -0.3 is 31.5 Å². The first-order chi connectivity index (χ1) is 16.1. The number of likely N-dealkylation sites (tertiary alicyclic amines) is 1. The third-order valence-electron chi connectivity index (χ3n) is 6.14. The Bertz CT molecular complexity index is 881. The number of hydrogen-bond donors (Lipinski definition) is 6. The van der Waals surface area contributed by atoms with E-state index in [9.17, 15) is 29.4 Å². The van der Waals surface area contributed by atoms with Gasteiger partial charge in [0.25, 0.3) is 0 Å². The Morgan fingerprint density at radius 3 is 2.38 bits per heavy atom. The van der Waals surface area contributed by atoms with Gasteiger partial charge in [-0.15, -0.1) is 0 Å². The van der Waals surface area contributed by atoms with Gasteiger partial charge >= 0.3 is 5.97 Å². The Balaban J connectivity index is 2.26. The minimum atomic E-state index is -1.07. The molecule has 11 heteroatoms. The van der Waals surface area contributed by atoms with E-state index in [0.29, 0.717) is 31.4 Å². The largest absolute Gasteiger partial charge is 0.508 e. The maximum atomic E-state index is 13.3. The molecule has 0 aliphatic carbocycles. The van der Waals surface area contributed by atoms with Gasteiger partial charge in [0, 0.05) is 18.7 Å². The molecule has 0 bridgehead atoms. The molecule has 1 saturated heterocycles. The lowest BCUT2D eigenvalue weighted by molar-refractivity contribution is -0.150. The Morgan fingerprint density at radius 2 is 1.82 bits per heavy atom. The van der Waals surface area contributed by atoms with Crippen LogP contribution < -0.4 is 16.4 Å². The first kappa shape index (κ1) is 27.5. The summed E-state index contributed by atoms with van der Waals surface area (Å²) in [4.78, 5) is 51.9. The van der Waals surface area contributed by atoms with Crippen LogP contribution >= 0.6 is 12.6 Å². The lowest BCUT2D eigenvalue weighted by Gasteiger charge is -2.31. The first-order valence-corrected chi connectivity index (χ1v) is 12.0. The van der Waals surface area contributed by atoms with Gasteiger partial charge in [-0.05, 0) is 36.5 Å². The van der Waals surface area contributed by atoms with Crippen molar-refractivity contribution >= 4 is 36.3 Å². The van der Waals surface area contributed by atoms with Crippen molar-refractivity contribution in [2.24, 2.45) is 11.7 Å². The summed E-state index contributed by atoms with van der Waals surface area (Å²) in [5.41, 5.74) is 6.43. The van der Waals surface area contributed by atoms with Crippen molar-refractivity contribution in [3.63, 3.8) is 0 Å². The molecule has 0 spiro atoms. The fourth-order valence-electron chi connectivity index (χ4n) is 3.84. The van der Waals surface area contributed by atoms with Gasteiger partial charge in [0.1, 0.15) is 23.9 Å². The molecular weight excluding hydrogens is 460 g/mol. The number of hydrogen-bond acceptors (Lipinski definition) is 7. The highest BCUT2D eigenvalue weighted by Gasteiger charge is 2.40. The number of benzene rings is 1. The van der Waals surface area contributed by atoms with Gasteiger partial charge in [0.2, 0.25) is 17.7 Å². The Hall–Kier alpha value is -2.79. The fourth-order valence-corrected chi connectivity index (χ4v) is 4.01. The minimum absolute atomic E-state index is 0.0620. The third-order valence-corrected chi connectivity index (χ3v) is 6.53. The molecule has 2 rings (SSSR count). The predicted molar refractivity (Wildman–Crippen MR) is 129 cm³/mol. The minimum Gasteiger partial charge on any atom is -0.508 e. The van der Waals surface area contributed by atoms with Crippen LogP contribution in [0.4, 0.5) is 0 Å². The zero-order valence-electron chi connectivity index (χ0n) is 19.4. The van der Waals surface area contributed by atoms with Crippen molar-refractivity contribution in [1.29, 1.82) is 0 Å². The van der Waals surface area contributed by atoms with Crippen LogP contribution in [0.5, 0.6) is 5.75 Å². The Labute approximate surface area is 204 Å². The molecule has 188 valence electrons. The molecule has 1 heterocycles. The maximum Gasteiger partial charge on any atom is 0.326 e. The fraction of sp³-hybridized carbons (Fsp3) is 0.565. The second-order valence-corrected chi connectivity index (χ2v) is 8.99. The highest BCUT2D eigenvalue weighted by atomic mass is 32.1. The summed E-state index contributed by atoms with van der Waals surface area (Å²) in [6.07, 6.45) is 1.61. The molecule has 5 unspecified atom stereocenters. The average molecular weight is 495 g/mol. The van der Waals surface area contributed by atoms with E-state index in [1.807, 2.05) is 6.92 Å². The topological polar surface area (TPSA) is 162 Å². The van der Waals surface area contributed by atoms with Crippen molar-refractivity contribution in [2.45, 2.75) is 63.7 Å². The van der Waals surface area contributed by atoms with Crippen LogP contribution in [0.1, 0.15) is 38.7 Å². The van der Waals surface area contributed by atoms with Gasteiger partial charge in [-0.2, -0.15) is 12.6 Å². The monoisotopic (exact) mass is 494 g/mol. The standard InChI is InChI=1S/C23H34N4O6S/c1-3-13(2)19(22(31)27-10-4-5-18(27)23(32)33)26-21(30)17(25-20(29)16(24)12-34)11-14-6-8-15(28)9-7-14/h6-9,13,16-19,28,34H,3-5,10-12,24H2,1-2H3,(H,25,29)(H,26,30)(H,32,33). The van der Waals surface area contributed by atoms with Crippen LogP contribution in [0.2, 0.25) is 0 Å². The number of aromatic hydroxyl groups is 1. The zero-order valence-corrected chi connectivity index (χ0v) is 20.3. The average Bonchev–Trinajstić information content (AvgIpc) is 3.32. The third kappa shape index (κ3) is 7.10. The first-order valence-electron chi connectivity index (χ1n) is 11.4. The Kier molecular flexibility index (Phi) is 10.2. The van der Waals surface area contributed by atoms with Crippen LogP contribution in [0.3, 0.4) is 0 Å². The molecule has 6 N–H and O–H groups in total. The Morgan fingerprint density at radius 1 is 1.18 bits per heavy atom. The molecule has 0 saturated carbocycles. The molecule has 1 fully saturated rings. The number of carboxylic acids is 1. The number of nitrogens with two attached hydrogens (primary N) is 1. The maximum absolute atomic E-state index is 13.3. The molecular formula is C23H34N4O6S. The van der Waals surface area contributed by atoms with E-state index >= 15 is 0 Å². The number of carboxylic acid groups (broad SMARTS) is 1. The van der Waals surface area contributed by atoms with E-state index in [0.717, 1.165) is 0 Å². The summed E-state index contributed by atoms with van der Waals surface area (Å²) in [6.45, 7) is 3.99.